The molecular formula is C23H34N2O4. The minimum absolute atomic E-state index is 0.00837. The van der Waals surface area contributed by atoms with Gasteiger partial charge in [-0.1, -0.05) is 45.2 Å². The number of hydrogen-bond acceptors (Lipinski definition) is 4. The van der Waals surface area contributed by atoms with E-state index in [-0.39, 0.29) is 24.0 Å². The molecule has 1 heterocycles. The van der Waals surface area contributed by atoms with Gasteiger partial charge in [-0.25, -0.2) is 4.79 Å². The smallest absolute Gasteiger partial charge is 0.331 e. The van der Waals surface area contributed by atoms with Crippen LogP contribution in [-0.4, -0.2) is 48.2 Å². The van der Waals surface area contributed by atoms with Gasteiger partial charge in [0, 0.05) is 24.8 Å². The van der Waals surface area contributed by atoms with E-state index in [0.717, 1.165) is 49.0 Å². The number of carbonyl (C=O) groups is 2. The van der Waals surface area contributed by atoms with E-state index < -0.39 is 12.1 Å². The lowest BCUT2D eigenvalue weighted by Gasteiger charge is -2.46. The molecule has 1 saturated heterocycles. The van der Waals surface area contributed by atoms with Gasteiger partial charge in [-0.15, -0.1) is 0 Å². The molecular weight excluding hydrogens is 368 g/mol. The van der Waals surface area contributed by atoms with Gasteiger partial charge in [0.05, 0.1) is 12.7 Å². The van der Waals surface area contributed by atoms with Crippen LogP contribution in [0.15, 0.2) is 24.3 Å². The van der Waals surface area contributed by atoms with Crippen LogP contribution in [0.3, 0.4) is 0 Å². The van der Waals surface area contributed by atoms with E-state index in [1.165, 1.54) is 18.4 Å². The molecule has 3 rings (SSSR count). The second kappa shape index (κ2) is 9.26. The number of unbranched alkanes of at least 4 members (excludes halogenated alkanes) is 1. The molecule has 0 spiro atoms. The number of imide groups is 1. The Bertz CT molecular complexity index is 714. The summed E-state index contributed by atoms with van der Waals surface area (Å²) in [5.74, 6) is -0.244. The quantitative estimate of drug-likeness (QED) is 0.469. The van der Waals surface area contributed by atoms with Crippen molar-refractivity contribution in [2.24, 2.45) is 5.41 Å². The van der Waals surface area contributed by atoms with Crippen molar-refractivity contribution in [2.45, 2.75) is 70.9 Å². The van der Waals surface area contributed by atoms with Gasteiger partial charge in [0.1, 0.15) is 6.04 Å². The van der Waals surface area contributed by atoms with Crippen LogP contribution in [0.2, 0.25) is 0 Å². The summed E-state index contributed by atoms with van der Waals surface area (Å²) in [7, 11) is 1.51. The van der Waals surface area contributed by atoms with Gasteiger partial charge in [-0.2, -0.15) is 0 Å². The van der Waals surface area contributed by atoms with Crippen LogP contribution in [0, 0.1) is 5.41 Å². The van der Waals surface area contributed by atoms with Crippen LogP contribution in [0.4, 0.5) is 10.5 Å². The van der Waals surface area contributed by atoms with Gasteiger partial charge >= 0.3 is 6.03 Å². The summed E-state index contributed by atoms with van der Waals surface area (Å²) in [6.07, 6.45) is 6.84. The SMILES string of the molecule is CCCCOCC1C(=O)N(C)C(=O)N1c1ccc(C(O)C2(CCC)CCC2)cc1. The first kappa shape index (κ1) is 21.8. The lowest BCUT2D eigenvalue weighted by atomic mass is 9.61. The van der Waals surface area contributed by atoms with Crippen molar-refractivity contribution in [3.8, 4) is 0 Å². The number of urea groups is 1. The van der Waals surface area contributed by atoms with Crippen molar-refractivity contribution >= 4 is 17.6 Å². The highest BCUT2D eigenvalue weighted by atomic mass is 16.5. The lowest BCUT2D eigenvalue weighted by Crippen LogP contribution is -2.39. The van der Waals surface area contributed by atoms with E-state index in [2.05, 4.69) is 13.8 Å². The van der Waals surface area contributed by atoms with E-state index in [9.17, 15) is 14.7 Å². The van der Waals surface area contributed by atoms with Crippen LogP contribution in [-0.2, 0) is 9.53 Å². The Kier molecular flexibility index (Phi) is 6.96. The largest absolute Gasteiger partial charge is 0.388 e. The minimum Gasteiger partial charge on any atom is -0.388 e. The third kappa shape index (κ3) is 4.19. The van der Waals surface area contributed by atoms with Crippen molar-refractivity contribution in [2.75, 3.05) is 25.2 Å². The van der Waals surface area contributed by atoms with Crippen molar-refractivity contribution in [3.63, 3.8) is 0 Å². The van der Waals surface area contributed by atoms with Gasteiger partial charge in [0.25, 0.3) is 5.91 Å². The van der Waals surface area contributed by atoms with Crippen molar-refractivity contribution < 1.29 is 19.4 Å². The van der Waals surface area contributed by atoms with E-state index in [1.54, 1.807) is 0 Å². The Labute approximate surface area is 173 Å². The van der Waals surface area contributed by atoms with E-state index in [4.69, 9.17) is 4.74 Å². The number of rotatable bonds is 10. The average Bonchev–Trinajstić information content (AvgIpc) is 2.91. The highest BCUT2D eigenvalue weighted by Gasteiger charge is 2.45. The summed E-state index contributed by atoms with van der Waals surface area (Å²) in [5, 5.41) is 11.0. The first-order valence-corrected chi connectivity index (χ1v) is 10.9. The van der Waals surface area contributed by atoms with E-state index >= 15 is 0 Å². The van der Waals surface area contributed by atoms with Crippen LogP contribution < -0.4 is 4.90 Å². The van der Waals surface area contributed by atoms with Crippen LogP contribution in [0.1, 0.15) is 70.5 Å². The van der Waals surface area contributed by atoms with Gasteiger partial charge in [-0.05, 0) is 43.4 Å². The highest BCUT2D eigenvalue weighted by Crippen LogP contribution is 2.53. The third-order valence-electron chi connectivity index (χ3n) is 6.50. The van der Waals surface area contributed by atoms with Crippen molar-refractivity contribution in [1.82, 2.24) is 4.90 Å². The minimum atomic E-state index is -0.641. The Morgan fingerprint density at radius 3 is 2.41 bits per heavy atom. The molecule has 2 fully saturated rings. The standard InChI is InChI=1S/C23H34N2O4/c1-4-6-15-29-16-19-21(27)24(3)22(28)25(19)18-10-8-17(9-11-18)20(26)23(12-5-2)13-7-14-23/h8-11,19-20,26H,4-7,12-16H2,1-3H3. The topological polar surface area (TPSA) is 70.1 Å². The number of amides is 3. The predicted octanol–water partition coefficient (Wildman–Crippen LogP) is 4.27. The fourth-order valence-electron chi connectivity index (χ4n) is 4.56. The first-order chi connectivity index (χ1) is 13.9. The van der Waals surface area contributed by atoms with Crippen molar-refractivity contribution in [3.05, 3.63) is 29.8 Å². The molecule has 1 aliphatic carbocycles. The molecule has 1 aromatic carbocycles. The summed E-state index contributed by atoms with van der Waals surface area (Å²) in [5.41, 5.74) is 1.53. The molecule has 1 aliphatic heterocycles. The number of anilines is 1. The summed E-state index contributed by atoms with van der Waals surface area (Å²) < 4.78 is 5.65. The van der Waals surface area contributed by atoms with Crippen LogP contribution in [0.5, 0.6) is 0 Å². The molecule has 6 nitrogen and oxygen atoms in total. The molecule has 0 aromatic heterocycles. The number of carbonyl (C=O) groups excluding carboxylic acids is 2. The van der Waals surface area contributed by atoms with Gasteiger partial charge in [0.15, 0.2) is 0 Å². The molecule has 6 heteroatoms. The molecule has 2 aliphatic rings. The third-order valence-corrected chi connectivity index (χ3v) is 6.50. The van der Waals surface area contributed by atoms with Crippen molar-refractivity contribution in [1.29, 1.82) is 0 Å². The zero-order valence-electron chi connectivity index (χ0n) is 17.9. The zero-order chi connectivity index (χ0) is 21.0. The molecule has 1 saturated carbocycles. The molecule has 29 heavy (non-hydrogen) atoms. The molecule has 2 atom stereocenters. The average molecular weight is 403 g/mol. The zero-order valence-corrected chi connectivity index (χ0v) is 17.9. The summed E-state index contributed by atoms with van der Waals surface area (Å²) in [6, 6.07) is 6.47. The Morgan fingerprint density at radius 2 is 1.86 bits per heavy atom. The molecule has 2 unspecified atom stereocenters. The Balaban J connectivity index is 1.76. The number of benzene rings is 1. The molecule has 160 valence electrons. The van der Waals surface area contributed by atoms with E-state index in [0.29, 0.717) is 12.3 Å². The maximum absolute atomic E-state index is 12.7. The maximum atomic E-state index is 12.7. The highest BCUT2D eigenvalue weighted by molar-refractivity contribution is 6.14. The second-order valence-electron chi connectivity index (χ2n) is 8.45. The number of aliphatic hydroxyl groups is 1. The molecule has 0 radical (unpaired) electrons. The molecule has 1 aromatic rings. The normalized spacial score (nSPS) is 22.1. The number of likely N-dealkylation sites (N-methyl/N-ethyl adjacent to an activating group) is 1. The summed E-state index contributed by atoms with van der Waals surface area (Å²) >= 11 is 0. The molecule has 0 bridgehead atoms. The number of ether oxygens (including phenoxy) is 1. The van der Waals surface area contributed by atoms with E-state index in [1.807, 2.05) is 24.3 Å². The first-order valence-electron chi connectivity index (χ1n) is 10.9. The second-order valence-corrected chi connectivity index (χ2v) is 8.45. The fourth-order valence-corrected chi connectivity index (χ4v) is 4.56. The maximum Gasteiger partial charge on any atom is 0.331 e. The fraction of sp³-hybridized carbons (Fsp3) is 0.652. The number of aliphatic hydroxyl groups excluding tert-OH is 1. The predicted molar refractivity (Wildman–Crippen MR) is 113 cm³/mol. The van der Waals surface area contributed by atoms with Gasteiger partial charge in [-0.3, -0.25) is 14.6 Å². The lowest BCUT2D eigenvalue weighted by molar-refractivity contribution is -0.127. The number of hydrogen-bond donors (Lipinski definition) is 1. The molecule has 1 N–H and O–H groups in total. The van der Waals surface area contributed by atoms with Crippen LogP contribution >= 0.6 is 0 Å². The Hall–Kier alpha value is -1.92. The van der Waals surface area contributed by atoms with Gasteiger partial charge in [0.2, 0.25) is 0 Å². The summed E-state index contributed by atoms with van der Waals surface area (Å²) in [4.78, 5) is 27.9. The van der Waals surface area contributed by atoms with Gasteiger partial charge < -0.3 is 9.84 Å². The Morgan fingerprint density at radius 1 is 1.17 bits per heavy atom. The van der Waals surface area contributed by atoms with Crippen LogP contribution in [0.25, 0.3) is 0 Å². The molecule has 3 amide bonds. The monoisotopic (exact) mass is 402 g/mol. The summed E-state index contributed by atoms with van der Waals surface area (Å²) in [6.45, 7) is 5.01. The number of nitrogens with zero attached hydrogens (tertiary/aromatic N) is 2.